The summed E-state index contributed by atoms with van der Waals surface area (Å²) in [5, 5.41) is 15.6. The van der Waals surface area contributed by atoms with Gasteiger partial charge in [0.25, 0.3) is 0 Å². The minimum atomic E-state index is -1.42. The monoisotopic (exact) mass is 563 g/mol. The van der Waals surface area contributed by atoms with Crippen LogP contribution in [0.25, 0.3) is 5.69 Å². The summed E-state index contributed by atoms with van der Waals surface area (Å²) >= 11 is 8.51. The second-order valence-electron chi connectivity index (χ2n) is 8.64. The van der Waals surface area contributed by atoms with E-state index in [0.717, 1.165) is 52.0 Å². The van der Waals surface area contributed by atoms with Gasteiger partial charge in [-0.2, -0.15) is 0 Å². The second kappa shape index (κ2) is 10.8. The summed E-state index contributed by atoms with van der Waals surface area (Å²) in [6.45, 7) is 3.95. The first-order valence-electron chi connectivity index (χ1n) is 10.9. The molecule has 3 N–H and O–H groups in total. The molecule has 5 nitrogen and oxygen atoms in total. The molecule has 0 atom stereocenters. The van der Waals surface area contributed by atoms with E-state index in [1.54, 1.807) is 22.9 Å². The number of rotatable bonds is 8. The van der Waals surface area contributed by atoms with Gasteiger partial charge in [-0.1, -0.05) is 43.3 Å². The number of thioether (sulfide) groups is 1. The van der Waals surface area contributed by atoms with E-state index in [4.69, 9.17) is 21.8 Å². The van der Waals surface area contributed by atoms with E-state index in [1.165, 1.54) is 12.1 Å². The molecule has 0 radical (unpaired) electrons. The zero-order valence-corrected chi connectivity index (χ0v) is 22.0. The van der Waals surface area contributed by atoms with Crippen LogP contribution >= 0.6 is 35.3 Å². The molecule has 0 spiro atoms. The van der Waals surface area contributed by atoms with Crippen LogP contribution in [0, 0.1) is 17.5 Å². The number of aromatic carboxylic acids is 1. The quantitative estimate of drug-likeness (QED) is 0.174. The summed E-state index contributed by atoms with van der Waals surface area (Å²) in [6.07, 6.45) is 1.66. The second-order valence-corrected chi connectivity index (χ2v) is 10.7. The van der Waals surface area contributed by atoms with Crippen molar-refractivity contribution in [3.05, 3.63) is 106 Å². The molecule has 0 fully saturated rings. The highest BCUT2D eigenvalue weighted by Gasteiger charge is 2.30. The Bertz CT molecular complexity index is 1450. The smallest absolute Gasteiger partial charge is 0.335 e. The molecule has 0 saturated carbocycles. The molecule has 0 aliphatic carbocycles. The fourth-order valence-electron chi connectivity index (χ4n) is 3.85. The predicted octanol–water partition coefficient (Wildman–Crippen LogP) is 7.23. The highest BCUT2D eigenvalue weighted by Crippen LogP contribution is 2.39. The molecule has 0 bridgehead atoms. The van der Waals surface area contributed by atoms with Gasteiger partial charge in [-0.05, 0) is 66.0 Å². The average Bonchev–Trinajstić information content (AvgIpc) is 3.28. The van der Waals surface area contributed by atoms with Crippen molar-refractivity contribution in [3.63, 3.8) is 0 Å². The Morgan fingerprint density at radius 1 is 1.08 bits per heavy atom. The largest absolute Gasteiger partial charge is 0.478 e. The van der Waals surface area contributed by atoms with Gasteiger partial charge in [0.1, 0.15) is 17.5 Å². The lowest BCUT2D eigenvalue weighted by Gasteiger charge is -2.28. The highest BCUT2D eigenvalue weighted by molar-refractivity contribution is 7.98. The van der Waals surface area contributed by atoms with Gasteiger partial charge in [0.2, 0.25) is 0 Å². The molecule has 3 aromatic carbocycles. The Kier molecular flexibility index (Phi) is 7.94. The number of nitrogens with two attached hydrogens (primary N) is 1. The zero-order chi connectivity index (χ0) is 26.9. The van der Waals surface area contributed by atoms with E-state index >= 15 is 0 Å². The molecule has 4 rings (SSSR count). The third-order valence-electron chi connectivity index (χ3n) is 5.97. The van der Waals surface area contributed by atoms with E-state index in [1.807, 2.05) is 32.0 Å². The van der Waals surface area contributed by atoms with Gasteiger partial charge >= 0.3 is 5.97 Å². The van der Waals surface area contributed by atoms with E-state index in [0.29, 0.717) is 15.9 Å². The van der Waals surface area contributed by atoms with E-state index in [-0.39, 0.29) is 11.3 Å². The number of benzene rings is 3. The molecular weight excluding hydrogens is 543 g/mol. The number of carbonyl (C=O) groups is 1. The Morgan fingerprint density at radius 3 is 2.30 bits per heavy atom. The third-order valence-corrected chi connectivity index (χ3v) is 7.98. The Hall–Kier alpha value is -2.92. The Morgan fingerprint density at radius 2 is 1.73 bits per heavy atom. The summed E-state index contributed by atoms with van der Waals surface area (Å²) in [5.41, 5.74) is 0.821. The lowest BCUT2D eigenvalue weighted by molar-refractivity contribution is 0.0695. The van der Waals surface area contributed by atoms with Crippen molar-refractivity contribution in [3.8, 4) is 5.69 Å². The minimum absolute atomic E-state index is 0.149. The van der Waals surface area contributed by atoms with Crippen LogP contribution in [0.4, 0.5) is 13.2 Å². The first-order valence-corrected chi connectivity index (χ1v) is 13.1. The van der Waals surface area contributed by atoms with E-state index < -0.39 is 34.4 Å². The van der Waals surface area contributed by atoms with Crippen molar-refractivity contribution < 1.29 is 23.1 Å². The summed E-state index contributed by atoms with van der Waals surface area (Å²) in [7, 11) is 0. The maximum Gasteiger partial charge on any atom is 0.335 e. The molecule has 0 unspecified atom stereocenters. The van der Waals surface area contributed by atoms with Gasteiger partial charge in [0.15, 0.2) is 5.16 Å². The number of hydrogen-bond donors (Lipinski definition) is 2. The standard InChI is InChI=1S/C26H21ClF3N3O2S2/c1-26(2,15-3-8-22(37-31)19(27)11-15)23-12-32-25(33(23)17-6-4-16(28)5-7-17)36-13-18-20(29)9-14(24(34)35)10-21(18)30/h3-12H,13,31H2,1-2H3,(H,34,35). The first kappa shape index (κ1) is 27.1. The third kappa shape index (κ3) is 5.52. The van der Waals surface area contributed by atoms with Crippen LogP contribution in [-0.4, -0.2) is 20.6 Å². The number of imidazole rings is 1. The van der Waals surface area contributed by atoms with Crippen molar-refractivity contribution in [2.45, 2.75) is 35.1 Å². The molecule has 192 valence electrons. The van der Waals surface area contributed by atoms with Crippen LogP contribution in [-0.2, 0) is 11.2 Å². The van der Waals surface area contributed by atoms with Gasteiger partial charge < -0.3 is 5.11 Å². The molecule has 1 aromatic heterocycles. The molecule has 0 amide bonds. The van der Waals surface area contributed by atoms with Gasteiger partial charge in [-0.3, -0.25) is 9.71 Å². The number of halogens is 4. The summed E-state index contributed by atoms with van der Waals surface area (Å²) < 4.78 is 44.6. The zero-order valence-electron chi connectivity index (χ0n) is 19.6. The minimum Gasteiger partial charge on any atom is -0.478 e. The average molecular weight is 564 g/mol. The molecular formula is C26H21ClF3N3O2S2. The van der Waals surface area contributed by atoms with Crippen molar-refractivity contribution in [1.29, 1.82) is 0 Å². The van der Waals surface area contributed by atoms with E-state index in [2.05, 4.69) is 4.98 Å². The van der Waals surface area contributed by atoms with E-state index in [9.17, 15) is 18.0 Å². The summed E-state index contributed by atoms with van der Waals surface area (Å²) in [5.74, 6) is -3.91. The number of hydrogen-bond acceptors (Lipinski definition) is 5. The molecule has 37 heavy (non-hydrogen) atoms. The van der Waals surface area contributed by atoms with Crippen LogP contribution in [0.3, 0.4) is 0 Å². The van der Waals surface area contributed by atoms with Crippen LogP contribution in [0.1, 0.15) is 41.0 Å². The molecule has 0 aliphatic heterocycles. The number of aromatic nitrogens is 2. The van der Waals surface area contributed by atoms with Crippen molar-refractivity contribution in [2.75, 3.05) is 0 Å². The van der Waals surface area contributed by atoms with Gasteiger partial charge in [-0.25, -0.2) is 22.9 Å². The van der Waals surface area contributed by atoms with Gasteiger partial charge in [0, 0.05) is 27.3 Å². The number of nitrogens with zero attached hydrogens (tertiary/aromatic N) is 2. The Balaban J connectivity index is 1.77. The normalized spacial score (nSPS) is 11.6. The number of carboxylic acid groups (broad SMARTS) is 1. The summed E-state index contributed by atoms with van der Waals surface area (Å²) in [4.78, 5) is 16.3. The summed E-state index contributed by atoms with van der Waals surface area (Å²) in [6, 6.07) is 12.9. The van der Waals surface area contributed by atoms with Crippen molar-refractivity contribution in [1.82, 2.24) is 9.55 Å². The highest BCUT2D eigenvalue weighted by atomic mass is 35.5. The van der Waals surface area contributed by atoms with Crippen molar-refractivity contribution >= 4 is 41.3 Å². The maximum absolute atomic E-state index is 14.5. The molecule has 1 heterocycles. The number of carboxylic acids is 1. The van der Waals surface area contributed by atoms with Crippen molar-refractivity contribution in [2.24, 2.45) is 5.14 Å². The molecule has 11 heteroatoms. The topological polar surface area (TPSA) is 81.1 Å². The maximum atomic E-state index is 14.5. The molecule has 0 aliphatic rings. The Labute approximate surface area is 225 Å². The van der Waals surface area contributed by atoms with Crippen LogP contribution < -0.4 is 5.14 Å². The lowest BCUT2D eigenvalue weighted by Crippen LogP contribution is -2.23. The first-order chi connectivity index (χ1) is 17.5. The van der Waals surface area contributed by atoms with Crippen LogP contribution in [0.5, 0.6) is 0 Å². The van der Waals surface area contributed by atoms with Gasteiger partial charge in [0.05, 0.1) is 22.5 Å². The lowest BCUT2D eigenvalue weighted by atomic mass is 9.81. The SMILES string of the molecule is CC(C)(c1ccc(SN)c(Cl)c1)c1cnc(SCc2c(F)cc(C(=O)O)cc2F)n1-c1ccc(F)cc1. The molecule has 4 aromatic rings. The predicted molar refractivity (Wildman–Crippen MR) is 140 cm³/mol. The van der Waals surface area contributed by atoms with Crippen LogP contribution in [0.2, 0.25) is 5.02 Å². The molecule has 0 saturated heterocycles. The van der Waals surface area contributed by atoms with Crippen LogP contribution in [0.15, 0.2) is 70.8 Å². The fourth-order valence-corrected chi connectivity index (χ4v) is 5.49. The van der Waals surface area contributed by atoms with Gasteiger partial charge in [-0.15, -0.1) is 0 Å². The fraction of sp³-hybridized carbons (Fsp3) is 0.154.